The molecule has 0 atom stereocenters. The molecule has 0 aromatic heterocycles. The molecule has 0 heterocycles. The summed E-state index contributed by atoms with van der Waals surface area (Å²) >= 11 is 17.1. The van der Waals surface area contributed by atoms with Gasteiger partial charge in [-0.3, -0.25) is 0 Å². The van der Waals surface area contributed by atoms with Gasteiger partial charge in [0.05, 0.1) is 0 Å². The molecule has 0 aliphatic heterocycles. The molecule has 0 saturated heterocycles. The van der Waals surface area contributed by atoms with E-state index in [1.165, 1.54) is 0 Å². The van der Waals surface area contributed by atoms with Crippen molar-refractivity contribution in [3.05, 3.63) is 34.9 Å². The van der Waals surface area contributed by atoms with Gasteiger partial charge in [-0.15, -0.1) is 0 Å². The minimum Gasteiger partial charge on any atom is -0.348 e. The van der Waals surface area contributed by atoms with Crippen LogP contribution in [0.15, 0.2) is 29.3 Å². The van der Waals surface area contributed by atoms with E-state index in [1.807, 2.05) is 30.9 Å². The highest BCUT2D eigenvalue weighted by molar-refractivity contribution is 7.80. The second-order valence-corrected chi connectivity index (χ2v) is 4.52. The van der Waals surface area contributed by atoms with Gasteiger partial charge in [-0.25, -0.2) is 4.99 Å². The molecule has 2 nitrogen and oxygen atoms in total. The van der Waals surface area contributed by atoms with Gasteiger partial charge >= 0.3 is 0 Å². The molecule has 1 rings (SSSR count). The first-order valence-corrected chi connectivity index (χ1v) is 6.54. The van der Waals surface area contributed by atoms with E-state index in [2.05, 4.69) is 4.99 Å². The maximum Gasteiger partial charge on any atom is 0.196 e. The maximum atomic E-state index is 6.10. The van der Waals surface area contributed by atoms with Crippen LogP contribution in [0, 0.1) is 0 Å². The van der Waals surface area contributed by atoms with E-state index in [0.717, 1.165) is 18.7 Å². The molecule has 0 spiro atoms. The maximum absolute atomic E-state index is 6.10. The summed E-state index contributed by atoms with van der Waals surface area (Å²) < 4.78 is 0. The molecular formula is C12H14Cl2N2S. The normalized spacial score (nSPS) is 11.4. The molecule has 0 aliphatic carbocycles. The predicted octanol–water partition coefficient (Wildman–Crippen LogP) is 3.95. The van der Waals surface area contributed by atoms with Crippen LogP contribution in [0.3, 0.4) is 0 Å². The van der Waals surface area contributed by atoms with Crippen molar-refractivity contribution in [1.29, 1.82) is 0 Å². The third kappa shape index (κ3) is 4.26. The minimum absolute atomic E-state index is 0.388. The molecular weight excluding hydrogens is 275 g/mol. The molecule has 0 unspecified atom stereocenters. The standard InChI is InChI=1S/C12H14Cl2N2S/c1-3-16(4-2)12(17)15-11(14)9-5-7-10(13)8-6-9/h5-8H,3-4H2,1-2H3/b15-11-. The summed E-state index contributed by atoms with van der Waals surface area (Å²) in [6.45, 7) is 5.70. The van der Waals surface area contributed by atoms with Crippen molar-refractivity contribution in [1.82, 2.24) is 4.90 Å². The van der Waals surface area contributed by atoms with Crippen molar-refractivity contribution < 1.29 is 0 Å². The molecule has 1 aromatic carbocycles. The van der Waals surface area contributed by atoms with Crippen LogP contribution in [0.5, 0.6) is 0 Å². The average molecular weight is 289 g/mol. The molecule has 0 aliphatic rings. The van der Waals surface area contributed by atoms with Crippen LogP contribution in [0.1, 0.15) is 19.4 Å². The molecule has 17 heavy (non-hydrogen) atoms. The zero-order chi connectivity index (χ0) is 12.8. The van der Waals surface area contributed by atoms with Crippen LogP contribution < -0.4 is 0 Å². The molecule has 1 aromatic rings. The van der Waals surface area contributed by atoms with Gasteiger partial charge in [-0.2, -0.15) is 0 Å². The van der Waals surface area contributed by atoms with Crippen molar-refractivity contribution in [3.8, 4) is 0 Å². The van der Waals surface area contributed by atoms with Crippen molar-refractivity contribution in [2.24, 2.45) is 4.99 Å². The lowest BCUT2D eigenvalue weighted by Gasteiger charge is -2.18. The fourth-order valence-corrected chi connectivity index (χ4v) is 2.03. The fourth-order valence-electron chi connectivity index (χ4n) is 1.30. The number of aliphatic imine (C=N–C) groups is 1. The monoisotopic (exact) mass is 288 g/mol. The summed E-state index contributed by atoms with van der Waals surface area (Å²) in [5.41, 5.74) is 0.811. The Kier molecular flexibility index (Phi) is 5.89. The highest BCUT2D eigenvalue weighted by atomic mass is 35.5. The third-order valence-corrected chi connectivity index (χ3v) is 3.21. The second-order valence-electron chi connectivity index (χ2n) is 3.36. The zero-order valence-electron chi connectivity index (χ0n) is 9.78. The summed E-state index contributed by atoms with van der Waals surface area (Å²) in [6.07, 6.45) is 0. The fraction of sp³-hybridized carbons (Fsp3) is 0.333. The topological polar surface area (TPSA) is 15.6 Å². The number of halogens is 2. The summed E-state index contributed by atoms with van der Waals surface area (Å²) in [6, 6.07) is 7.18. The first-order valence-electron chi connectivity index (χ1n) is 5.37. The SMILES string of the molecule is CCN(CC)C(=S)/N=C(\Cl)c1ccc(Cl)cc1. The first-order chi connectivity index (χ1) is 8.08. The van der Waals surface area contributed by atoms with Gasteiger partial charge in [0.1, 0.15) is 5.17 Å². The van der Waals surface area contributed by atoms with E-state index in [-0.39, 0.29) is 0 Å². The smallest absolute Gasteiger partial charge is 0.196 e. The lowest BCUT2D eigenvalue weighted by Crippen LogP contribution is -2.28. The largest absolute Gasteiger partial charge is 0.348 e. The number of thiocarbonyl (C=S) groups is 1. The molecule has 0 N–H and O–H groups in total. The summed E-state index contributed by atoms with van der Waals surface area (Å²) in [5, 5.41) is 1.57. The average Bonchev–Trinajstić information content (AvgIpc) is 2.31. The van der Waals surface area contributed by atoms with Crippen LogP contribution in [-0.4, -0.2) is 28.3 Å². The van der Waals surface area contributed by atoms with Crippen molar-refractivity contribution in [3.63, 3.8) is 0 Å². The molecule has 0 bridgehead atoms. The van der Waals surface area contributed by atoms with Crippen molar-refractivity contribution in [2.75, 3.05) is 13.1 Å². The van der Waals surface area contributed by atoms with Gasteiger partial charge < -0.3 is 4.90 Å². The highest BCUT2D eigenvalue weighted by Gasteiger charge is 2.06. The summed E-state index contributed by atoms with van der Waals surface area (Å²) in [4.78, 5) is 6.18. The third-order valence-electron chi connectivity index (χ3n) is 2.31. The van der Waals surface area contributed by atoms with Gasteiger partial charge in [-0.1, -0.05) is 35.3 Å². The highest BCUT2D eigenvalue weighted by Crippen LogP contribution is 2.12. The number of nitrogens with zero attached hydrogens (tertiary/aromatic N) is 2. The number of rotatable bonds is 3. The van der Waals surface area contributed by atoms with E-state index in [4.69, 9.17) is 35.4 Å². The van der Waals surface area contributed by atoms with Crippen LogP contribution >= 0.6 is 35.4 Å². The Bertz CT molecular complexity index is 411. The number of hydrogen-bond acceptors (Lipinski definition) is 1. The molecule has 0 radical (unpaired) electrons. The van der Waals surface area contributed by atoms with Crippen LogP contribution in [0.4, 0.5) is 0 Å². The molecule has 0 fully saturated rings. The van der Waals surface area contributed by atoms with Crippen molar-refractivity contribution >= 4 is 45.7 Å². The van der Waals surface area contributed by atoms with Crippen LogP contribution in [0.2, 0.25) is 5.02 Å². The van der Waals surface area contributed by atoms with Gasteiger partial charge in [0.15, 0.2) is 5.11 Å². The van der Waals surface area contributed by atoms with Gasteiger partial charge in [0, 0.05) is 23.7 Å². The van der Waals surface area contributed by atoms with Gasteiger partial charge in [-0.05, 0) is 38.2 Å². The Morgan fingerprint density at radius 1 is 1.24 bits per heavy atom. The second kappa shape index (κ2) is 6.94. The Labute approximate surface area is 117 Å². The summed E-state index contributed by atoms with van der Waals surface area (Å²) in [5.74, 6) is 0. The lowest BCUT2D eigenvalue weighted by atomic mass is 10.2. The Balaban J connectivity index is 2.85. The van der Waals surface area contributed by atoms with Gasteiger partial charge in [0.25, 0.3) is 0 Å². The predicted molar refractivity (Wildman–Crippen MR) is 79.4 cm³/mol. The number of hydrogen-bond donors (Lipinski definition) is 0. The quantitative estimate of drug-likeness (QED) is 0.618. The molecule has 0 saturated carbocycles. The molecule has 5 heteroatoms. The van der Waals surface area contributed by atoms with Gasteiger partial charge in [0.2, 0.25) is 0 Å². The minimum atomic E-state index is 0.388. The molecule has 0 amide bonds. The van der Waals surface area contributed by atoms with Crippen LogP contribution in [0.25, 0.3) is 0 Å². The van der Waals surface area contributed by atoms with Crippen molar-refractivity contribution in [2.45, 2.75) is 13.8 Å². The zero-order valence-corrected chi connectivity index (χ0v) is 12.1. The van der Waals surface area contributed by atoms with E-state index >= 15 is 0 Å². The van der Waals surface area contributed by atoms with Crippen LogP contribution in [-0.2, 0) is 0 Å². The Hall–Kier alpha value is -0.640. The van der Waals surface area contributed by atoms with E-state index in [0.29, 0.717) is 15.3 Å². The van der Waals surface area contributed by atoms with E-state index in [1.54, 1.807) is 12.1 Å². The molecule has 92 valence electrons. The lowest BCUT2D eigenvalue weighted by molar-refractivity contribution is 0.469. The van der Waals surface area contributed by atoms with E-state index in [9.17, 15) is 0 Å². The first kappa shape index (κ1) is 14.4. The Morgan fingerprint density at radius 2 is 1.76 bits per heavy atom. The summed E-state index contributed by atoms with van der Waals surface area (Å²) in [7, 11) is 0. The van der Waals surface area contributed by atoms with E-state index < -0.39 is 0 Å². The number of benzene rings is 1. The Morgan fingerprint density at radius 3 is 2.24 bits per heavy atom.